The third-order valence-corrected chi connectivity index (χ3v) is 6.87. The van der Waals surface area contributed by atoms with Crippen LogP contribution in [0.5, 0.6) is 0 Å². The summed E-state index contributed by atoms with van der Waals surface area (Å²) in [7, 11) is 0. The average molecular weight is 283 g/mol. The molecule has 4 atom stereocenters. The lowest BCUT2D eigenvalue weighted by molar-refractivity contribution is -0.129. The highest BCUT2D eigenvalue weighted by molar-refractivity contribution is 5.87. The maximum Gasteiger partial charge on any atom is 0.139 e. The summed E-state index contributed by atoms with van der Waals surface area (Å²) >= 11 is 0. The molecule has 2 heteroatoms. The summed E-state index contributed by atoms with van der Waals surface area (Å²) in [6, 6.07) is 4.25. The molecule has 112 valence electrons. The van der Waals surface area contributed by atoms with Gasteiger partial charge in [-0.25, -0.2) is 0 Å². The lowest BCUT2D eigenvalue weighted by Gasteiger charge is -2.48. The molecule has 21 heavy (non-hydrogen) atoms. The molecule has 0 radical (unpaired) electrons. The van der Waals surface area contributed by atoms with E-state index < -0.39 is 0 Å². The van der Waals surface area contributed by atoms with Gasteiger partial charge in [-0.2, -0.15) is 0 Å². The van der Waals surface area contributed by atoms with Gasteiger partial charge in [0.25, 0.3) is 0 Å². The Balaban J connectivity index is 1.79. The molecule has 0 saturated heterocycles. The Kier molecular flexibility index (Phi) is 2.76. The number of Topliss-reactive ketones (excluding diaryl/α,β-unsaturated/α-hetero) is 1. The fraction of sp³-hybridized carbons (Fsp3) is 0.632. The summed E-state index contributed by atoms with van der Waals surface area (Å²) in [5, 5.41) is 0. The molecule has 0 bridgehead atoms. The van der Waals surface area contributed by atoms with Crippen LogP contribution in [0.3, 0.4) is 0 Å². The lowest BCUT2D eigenvalue weighted by atomic mass is 9.55. The Hall–Kier alpha value is -1.31. The molecule has 2 nitrogen and oxygen atoms in total. The first kappa shape index (κ1) is 13.4. The van der Waals surface area contributed by atoms with Crippen molar-refractivity contribution in [1.29, 1.82) is 0 Å². The monoisotopic (exact) mass is 283 g/mol. The van der Waals surface area contributed by atoms with Crippen LogP contribution in [-0.4, -0.2) is 5.78 Å². The zero-order valence-electron chi connectivity index (χ0n) is 13.1. The average Bonchev–Trinajstić information content (AvgIpc) is 2.78. The lowest BCUT2D eigenvalue weighted by Crippen LogP contribution is -2.42. The Morgan fingerprint density at radius 1 is 1.19 bits per heavy atom. The Morgan fingerprint density at radius 2 is 2.00 bits per heavy atom. The predicted molar refractivity (Wildman–Crippen MR) is 85.2 cm³/mol. The van der Waals surface area contributed by atoms with Crippen molar-refractivity contribution in [2.45, 2.75) is 58.3 Å². The van der Waals surface area contributed by atoms with Crippen LogP contribution in [0.4, 0.5) is 5.69 Å². The number of carbonyl (C=O) groups excluding carboxylic acids is 1. The van der Waals surface area contributed by atoms with Crippen LogP contribution in [0.25, 0.3) is 0 Å². The van der Waals surface area contributed by atoms with Crippen molar-refractivity contribution in [3.8, 4) is 0 Å². The van der Waals surface area contributed by atoms with Crippen LogP contribution in [0, 0.1) is 24.2 Å². The first-order valence-corrected chi connectivity index (χ1v) is 8.43. The number of fused-ring (bicyclic) bond motifs is 5. The number of aryl methyl sites for hydroxylation is 1. The summed E-state index contributed by atoms with van der Waals surface area (Å²) in [6.07, 6.45) is 6.51. The molecule has 0 aliphatic heterocycles. The molecule has 4 rings (SSSR count). The van der Waals surface area contributed by atoms with Gasteiger partial charge in [-0.05, 0) is 79.5 Å². The second kappa shape index (κ2) is 4.34. The molecule has 2 saturated carbocycles. The Labute approximate surface area is 127 Å². The Bertz CT molecular complexity index is 620. The van der Waals surface area contributed by atoms with E-state index in [0.29, 0.717) is 23.5 Å². The minimum absolute atomic E-state index is 0.0305. The number of nitrogen functional groups attached to an aromatic ring is 1. The maximum atomic E-state index is 12.3. The standard InChI is InChI=1S/C19H25NO/c1-11-3-7-16(20)18-12(11)4-5-13-14(18)9-10-19(2)15(13)6-8-17(19)21/h3,7,13-15H,4-6,8-10,20H2,1-2H3/t13-,14+,15+,19+/m1/s1. The summed E-state index contributed by atoms with van der Waals surface area (Å²) in [5.41, 5.74) is 11.6. The number of nitrogens with two attached hydrogens (primary N) is 1. The van der Waals surface area contributed by atoms with Crippen LogP contribution in [0.1, 0.15) is 61.6 Å². The summed E-state index contributed by atoms with van der Waals surface area (Å²) in [4.78, 5) is 12.3. The zero-order valence-corrected chi connectivity index (χ0v) is 13.1. The smallest absolute Gasteiger partial charge is 0.139 e. The fourth-order valence-corrected chi connectivity index (χ4v) is 5.69. The fourth-order valence-electron chi connectivity index (χ4n) is 5.69. The van der Waals surface area contributed by atoms with E-state index in [-0.39, 0.29) is 5.41 Å². The van der Waals surface area contributed by atoms with Gasteiger partial charge >= 0.3 is 0 Å². The predicted octanol–water partition coefficient (Wildman–Crippen LogP) is 4.00. The maximum absolute atomic E-state index is 12.3. The van der Waals surface area contributed by atoms with Gasteiger partial charge in [0.15, 0.2) is 0 Å². The van der Waals surface area contributed by atoms with Crippen molar-refractivity contribution < 1.29 is 4.79 Å². The normalized spacial score (nSPS) is 37.8. The van der Waals surface area contributed by atoms with Gasteiger partial charge in [0, 0.05) is 17.5 Å². The third kappa shape index (κ3) is 1.68. The first-order chi connectivity index (χ1) is 10.0. The second-order valence-corrected chi connectivity index (χ2v) is 7.70. The summed E-state index contributed by atoms with van der Waals surface area (Å²) in [5.74, 6) is 2.38. The van der Waals surface area contributed by atoms with E-state index in [1.165, 1.54) is 23.1 Å². The van der Waals surface area contributed by atoms with Gasteiger partial charge in [-0.1, -0.05) is 13.0 Å². The number of carbonyl (C=O) groups is 1. The molecule has 0 aromatic heterocycles. The van der Waals surface area contributed by atoms with E-state index in [1.807, 2.05) is 0 Å². The van der Waals surface area contributed by atoms with Crippen LogP contribution in [0.2, 0.25) is 0 Å². The first-order valence-electron chi connectivity index (χ1n) is 8.43. The van der Waals surface area contributed by atoms with E-state index in [4.69, 9.17) is 5.73 Å². The number of benzene rings is 1. The largest absolute Gasteiger partial charge is 0.398 e. The van der Waals surface area contributed by atoms with Crippen molar-refractivity contribution in [3.63, 3.8) is 0 Å². The molecular formula is C19H25NO. The summed E-state index contributed by atoms with van der Waals surface area (Å²) in [6.45, 7) is 4.45. The number of anilines is 1. The van der Waals surface area contributed by atoms with Crippen molar-refractivity contribution in [2.75, 3.05) is 5.73 Å². The van der Waals surface area contributed by atoms with E-state index in [9.17, 15) is 4.79 Å². The minimum Gasteiger partial charge on any atom is -0.398 e. The molecule has 2 fully saturated rings. The van der Waals surface area contributed by atoms with Crippen LogP contribution in [-0.2, 0) is 11.2 Å². The van der Waals surface area contributed by atoms with Crippen molar-refractivity contribution in [3.05, 3.63) is 28.8 Å². The van der Waals surface area contributed by atoms with Crippen LogP contribution in [0.15, 0.2) is 12.1 Å². The number of rotatable bonds is 0. The minimum atomic E-state index is -0.0305. The quantitative estimate of drug-likeness (QED) is 0.731. The molecule has 0 spiro atoms. The van der Waals surface area contributed by atoms with E-state index >= 15 is 0 Å². The number of hydrogen-bond donors (Lipinski definition) is 1. The van der Waals surface area contributed by atoms with E-state index in [1.54, 1.807) is 0 Å². The van der Waals surface area contributed by atoms with Gasteiger partial charge in [0.05, 0.1) is 0 Å². The third-order valence-electron chi connectivity index (χ3n) is 6.87. The van der Waals surface area contributed by atoms with Crippen molar-refractivity contribution >= 4 is 11.5 Å². The molecule has 0 amide bonds. The molecule has 3 aliphatic carbocycles. The molecule has 0 heterocycles. The molecule has 0 unspecified atom stereocenters. The van der Waals surface area contributed by atoms with E-state index in [2.05, 4.69) is 26.0 Å². The van der Waals surface area contributed by atoms with Crippen LogP contribution < -0.4 is 5.73 Å². The highest BCUT2D eigenvalue weighted by Crippen LogP contribution is 2.60. The molecule has 2 N–H and O–H groups in total. The van der Waals surface area contributed by atoms with Gasteiger partial charge in [-0.3, -0.25) is 4.79 Å². The number of ketones is 1. The highest BCUT2D eigenvalue weighted by Gasteiger charge is 2.54. The van der Waals surface area contributed by atoms with Gasteiger partial charge in [0.2, 0.25) is 0 Å². The van der Waals surface area contributed by atoms with Gasteiger partial charge < -0.3 is 5.73 Å². The van der Waals surface area contributed by atoms with Gasteiger partial charge in [-0.15, -0.1) is 0 Å². The van der Waals surface area contributed by atoms with Crippen LogP contribution >= 0.6 is 0 Å². The second-order valence-electron chi connectivity index (χ2n) is 7.70. The highest BCUT2D eigenvalue weighted by atomic mass is 16.1. The van der Waals surface area contributed by atoms with Crippen molar-refractivity contribution in [1.82, 2.24) is 0 Å². The number of hydrogen-bond acceptors (Lipinski definition) is 2. The zero-order chi connectivity index (χ0) is 14.8. The summed E-state index contributed by atoms with van der Waals surface area (Å²) < 4.78 is 0. The molecule has 3 aliphatic rings. The SMILES string of the molecule is Cc1ccc(N)c2c1CC[C@@H]1[C@@H]2CC[C@]2(C)C(=O)CC[C@@H]12. The molecule has 1 aromatic rings. The Morgan fingerprint density at radius 3 is 2.81 bits per heavy atom. The van der Waals surface area contributed by atoms with E-state index in [0.717, 1.165) is 37.8 Å². The topological polar surface area (TPSA) is 43.1 Å². The van der Waals surface area contributed by atoms with Crippen molar-refractivity contribution in [2.24, 2.45) is 17.3 Å². The molecular weight excluding hydrogens is 258 g/mol. The molecule has 1 aromatic carbocycles. The van der Waals surface area contributed by atoms with Gasteiger partial charge in [0.1, 0.15) is 5.78 Å².